The van der Waals surface area contributed by atoms with Crippen LogP contribution in [0.25, 0.3) is 10.9 Å². The quantitative estimate of drug-likeness (QED) is 0.376. The van der Waals surface area contributed by atoms with Gasteiger partial charge in [0.25, 0.3) is 11.7 Å². The first kappa shape index (κ1) is 19.5. The summed E-state index contributed by atoms with van der Waals surface area (Å²) in [5, 5.41) is 13.3. The normalized spacial score (nSPS) is 10.9. The second kappa shape index (κ2) is 8.31. The Morgan fingerprint density at radius 2 is 1.80 bits per heavy atom. The van der Waals surface area contributed by atoms with E-state index in [1.807, 2.05) is 43.3 Å². The minimum absolute atomic E-state index is 0.00440. The molecule has 0 aliphatic rings. The van der Waals surface area contributed by atoms with E-state index < -0.39 is 11.7 Å². The number of amides is 1. The number of hydrogen-bond donors (Lipinski definition) is 2. The molecule has 1 amide bonds. The minimum Gasteiger partial charge on any atom is -0.461 e. The van der Waals surface area contributed by atoms with Crippen LogP contribution in [0, 0.1) is 6.92 Å². The van der Waals surface area contributed by atoms with E-state index in [0.717, 1.165) is 33.3 Å². The zero-order valence-electron chi connectivity index (χ0n) is 16.4. The lowest BCUT2D eigenvalue weighted by Crippen LogP contribution is -2.23. The number of aliphatic hydroxyl groups excluding tert-OH is 1. The third kappa shape index (κ3) is 3.86. The summed E-state index contributed by atoms with van der Waals surface area (Å²) in [5.41, 5.74) is 4.82. The van der Waals surface area contributed by atoms with Gasteiger partial charge in [0.2, 0.25) is 0 Å². The van der Waals surface area contributed by atoms with Crippen LogP contribution in [0.2, 0.25) is 0 Å². The van der Waals surface area contributed by atoms with Crippen molar-refractivity contribution >= 4 is 28.3 Å². The summed E-state index contributed by atoms with van der Waals surface area (Å²) in [4.78, 5) is 29.3. The number of ketones is 1. The van der Waals surface area contributed by atoms with E-state index in [1.54, 1.807) is 18.2 Å². The number of nitrogens with zero attached hydrogens (tertiary/aromatic N) is 1. The molecule has 150 valence electrons. The number of nitrogens with one attached hydrogen (secondary N) is 1. The molecule has 2 aromatic heterocycles. The summed E-state index contributed by atoms with van der Waals surface area (Å²) >= 11 is 0. The van der Waals surface area contributed by atoms with Crippen LogP contribution in [0.3, 0.4) is 0 Å². The molecule has 0 aliphatic heterocycles. The molecule has 30 heavy (non-hydrogen) atoms. The van der Waals surface area contributed by atoms with E-state index in [9.17, 15) is 14.7 Å². The molecule has 6 nitrogen and oxygen atoms in total. The average Bonchev–Trinajstić information content (AvgIpc) is 3.29. The molecule has 6 heteroatoms. The molecule has 2 N–H and O–H groups in total. The van der Waals surface area contributed by atoms with Crippen LogP contribution in [0.5, 0.6) is 0 Å². The Morgan fingerprint density at radius 1 is 1.00 bits per heavy atom. The molecule has 0 saturated heterocycles. The Morgan fingerprint density at radius 3 is 2.57 bits per heavy atom. The summed E-state index contributed by atoms with van der Waals surface area (Å²) in [7, 11) is 0. The second-order valence-electron chi connectivity index (χ2n) is 6.99. The number of benzene rings is 2. The highest BCUT2D eigenvalue weighted by atomic mass is 16.3. The maximum atomic E-state index is 12.4. The summed E-state index contributed by atoms with van der Waals surface area (Å²) in [6.07, 6.45) is 1.86. The zero-order chi connectivity index (χ0) is 21.1. The fraction of sp³-hybridized carbons (Fsp3) is 0.125. The molecule has 0 fully saturated rings. The van der Waals surface area contributed by atoms with Gasteiger partial charge in [0.15, 0.2) is 5.76 Å². The number of hydrogen-bond acceptors (Lipinski definition) is 5. The molecule has 4 aromatic rings. The van der Waals surface area contributed by atoms with Crippen LogP contribution in [0.15, 0.2) is 71.3 Å². The van der Waals surface area contributed by atoms with Gasteiger partial charge in [-0.3, -0.25) is 14.6 Å². The van der Waals surface area contributed by atoms with Crippen LogP contribution in [-0.4, -0.2) is 21.8 Å². The van der Waals surface area contributed by atoms with Crippen molar-refractivity contribution in [3.8, 4) is 0 Å². The lowest BCUT2D eigenvalue weighted by molar-refractivity contribution is -0.112. The smallest absolute Gasteiger partial charge is 0.300 e. The number of pyridine rings is 1. The summed E-state index contributed by atoms with van der Waals surface area (Å²) in [6, 6.07) is 18.1. The summed E-state index contributed by atoms with van der Waals surface area (Å²) in [5.74, 6) is -1.49. The molecule has 0 spiro atoms. The van der Waals surface area contributed by atoms with Gasteiger partial charge in [-0.1, -0.05) is 36.4 Å². The highest BCUT2D eigenvalue weighted by molar-refractivity contribution is 6.45. The molecule has 0 unspecified atom stereocenters. The van der Waals surface area contributed by atoms with Gasteiger partial charge in [0, 0.05) is 23.2 Å². The van der Waals surface area contributed by atoms with Gasteiger partial charge in [-0.2, -0.15) is 0 Å². The van der Waals surface area contributed by atoms with Crippen molar-refractivity contribution in [3.63, 3.8) is 0 Å². The fourth-order valence-electron chi connectivity index (χ4n) is 3.49. The molecule has 0 radical (unpaired) electrons. The van der Waals surface area contributed by atoms with Gasteiger partial charge in [-0.15, -0.1) is 0 Å². The number of Topliss-reactive ketones (excluding diaryl/α,β-unsaturated/α-hetero) is 1. The molecular formula is C24H20N2O4. The first-order chi connectivity index (χ1) is 14.6. The van der Waals surface area contributed by atoms with E-state index >= 15 is 0 Å². The number of rotatable bonds is 6. The number of anilines is 1. The van der Waals surface area contributed by atoms with Crippen molar-refractivity contribution < 1.29 is 19.1 Å². The molecule has 0 atom stereocenters. The number of para-hydroxylation sites is 2. The Balaban J connectivity index is 1.66. The van der Waals surface area contributed by atoms with Crippen LogP contribution in [-0.2, 0) is 17.8 Å². The van der Waals surface area contributed by atoms with Crippen molar-refractivity contribution in [2.75, 3.05) is 5.32 Å². The van der Waals surface area contributed by atoms with Crippen molar-refractivity contribution in [2.45, 2.75) is 20.0 Å². The second-order valence-corrected chi connectivity index (χ2v) is 6.99. The number of aromatic nitrogens is 1. The number of fused-ring (bicyclic) bond motifs is 1. The average molecular weight is 400 g/mol. The third-order valence-corrected chi connectivity index (χ3v) is 4.90. The Kier molecular flexibility index (Phi) is 5.41. The van der Waals surface area contributed by atoms with Crippen molar-refractivity contribution in [1.82, 2.24) is 4.98 Å². The lowest BCUT2D eigenvalue weighted by atomic mass is 9.98. The van der Waals surface area contributed by atoms with Crippen LogP contribution in [0.1, 0.15) is 32.9 Å². The number of aryl methyl sites for hydroxylation is 1. The maximum Gasteiger partial charge on any atom is 0.300 e. The van der Waals surface area contributed by atoms with E-state index in [-0.39, 0.29) is 12.4 Å². The van der Waals surface area contributed by atoms with Crippen molar-refractivity contribution in [2.24, 2.45) is 0 Å². The minimum atomic E-state index is -0.758. The number of furan rings is 1. The van der Waals surface area contributed by atoms with Gasteiger partial charge in [-0.25, -0.2) is 0 Å². The third-order valence-electron chi connectivity index (χ3n) is 4.90. The first-order valence-corrected chi connectivity index (χ1v) is 9.53. The predicted octanol–water partition coefficient (Wildman–Crippen LogP) is 4.04. The Bertz CT molecular complexity index is 1230. The van der Waals surface area contributed by atoms with E-state index in [1.165, 1.54) is 12.3 Å². The number of carbonyl (C=O) groups is 2. The Hall–Kier alpha value is -3.77. The molecule has 0 aliphatic carbocycles. The largest absolute Gasteiger partial charge is 0.461 e. The monoisotopic (exact) mass is 400 g/mol. The standard InChI is InChI=1S/C24H20N2O4/c1-15-12-18(14-27)19-8-4-7-17(22(19)25-15)13-16-6-2-3-9-20(16)26-24(29)23(28)21-10-5-11-30-21/h2-12,27H,13-14H2,1H3,(H,26,29). The van der Waals surface area contributed by atoms with Gasteiger partial charge in [0.1, 0.15) is 0 Å². The topological polar surface area (TPSA) is 92.4 Å². The Labute approximate surface area is 173 Å². The highest BCUT2D eigenvalue weighted by Crippen LogP contribution is 2.26. The fourth-order valence-corrected chi connectivity index (χ4v) is 3.49. The van der Waals surface area contributed by atoms with E-state index in [2.05, 4.69) is 10.3 Å². The molecule has 0 bridgehead atoms. The van der Waals surface area contributed by atoms with Gasteiger partial charge in [-0.05, 0) is 47.9 Å². The SMILES string of the molecule is Cc1cc(CO)c2cccc(Cc3ccccc3NC(=O)C(=O)c3ccco3)c2n1. The van der Waals surface area contributed by atoms with Crippen molar-refractivity contribution in [3.05, 3.63) is 95.1 Å². The summed E-state index contributed by atoms with van der Waals surface area (Å²) < 4.78 is 5.02. The van der Waals surface area contributed by atoms with Crippen LogP contribution in [0.4, 0.5) is 5.69 Å². The maximum absolute atomic E-state index is 12.4. The van der Waals surface area contributed by atoms with E-state index in [4.69, 9.17) is 4.42 Å². The molecule has 2 aromatic carbocycles. The first-order valence-electron chi connectivity index (χ1n) is 9.53. The van der Waals surface area contributed by atoms with Gasteiger partial charge >= 0.3 is 0 Å². The molecule has 4 rings (SSSR count). The molecule has 0 saturated carbocycles. The summed E-state index contributed by atoms with van der Waals surface area (Å²) in [6.45, 7) is 1.83. The van der Waals surface area contributed by atoms with Gasteiger partial charge < -0.3 is 14.8 Å². The van der Waals surface area contributed by atoms with Crippen LogP contribution >= 0.6 is 0 Å². The molecule has 2 heterocycles. The molecular weight excluding hydrogens is 380 g/mol. The van der Waals surface area contributed by atoms with Crippen molar-refractivity contribution in [1.29, 1.82) is 0 Å². The number of carbonyl (C=O) groups excluding carboxylic acids is 2. The number of aliphatic hydroxyl groups is 1. The predicted molar refractivity (Wildman–Crippen MR) is 113 cm³/mol. The van der Waals surface area contributed by atoms with E-state index in [0.29, 0.717) is 12.1 Å². The van der Waals surface area contributed by atoms with Gasteiger partial charge in [0.05, 0.1) is 18.4 Å². The lowest BCUT2D eigenvalue weighted by Gasteiger charge is -2.13. The van der Waals surface area contributed by atoms with Crippen LogP contribution < -0.4 is 5.32 Å². The highest BCUT2D eigenvalue weighted by Gasteiger charge is 2.20. The zero-order valence-corrected chi connectivity index (χ0v) is 16.4.